The van der Waals surface area contributed by atoms with Gasteiger partial charge in [-0.1, -0.05) is 43.5 Å². The van der Waals surface area contributed by atoms with Gasteiger partial charge < -0.3 is 26.6 Å². The van der Waals surface area contributed by atoms with Crippen molar-refractivity contribution in [3.8, 4) is 0 Å². The molecule has 2 aliphatic rings. The zero-order valence-electron chi connectivity index (χ0n) is 20.9. The molecule has 6 N–H and O–H groups in total. The van der Waals surface area contributed by atoms with Crippen molar-refractivity contribution in [1.29, 1.82) is 5.41 Å². The Kier molecular flexibility index (Phi) is 9.65. The predicted molar refractivity (Wildman–Crippen MR) is 136 cm³/mol. The lowest BCUT2D eigenvalue weighted by Gasteiger charge is -2.33. The quantitative estimate of drug-likeness (QED) is 0.203. The van der Waals surface area contributed by atoms with E-state index in [1.54, 1.807) is 38.4 Å². The Morgan fingerprint density at radius 1 is 1.03 bits per heavy atom. The summed E-state index contributed by atoms with van der Waals surface area (Å²) in [6.07, 6.45) is 6.96. The van der Waals surface area contributed by atoms with Crippen molar-refractivity contribution in [3.05, 3.63) is 35.4 Å². The lowest BCUT2D eigenvalue weighted by molar-refractivity contribution is -0.142. The maximum Gasteiger partial charge on any atom is 0.243 e. The van der Waals surface area contributed by atoms with Crippen LogP contribution in [-0.4, -0.2) is 67.7 Å². The van der Waals surface area contributed by atoms with Crippen molar-refractivity contribution in [2.24, 2.45) is 17.6 Å². The van der Waals surface area contributed by atoms with Crippen LogP contribution in [0.5, 0.6) is 0 Å². The van der Waals surface area contributed by atoms with E-state index in [0.717, 1.165) is 63.6 Å². The molecule has 2 atom stereocenters. The average Bonchev–Trinajstić information content (AvgIpc) is 2.86. The Morgan fingerprint density at radius 3 is 2.23 bits per heavy atom. The molecule has 1 saturated heterocycles. The number of amidine groups is 1. The van der Waals surface area contributed by atoms with Gasteiger partial charge in [-0.25, -0.2) is 0 Å². The van der Waals surface area contributed by atoms with Gasteiger partial charge in [-0.3, -0.25) is 19.8 Å². The highest BCUT2D eigenvalue weighted by atomic mass is 16.2. The van der Waals surface area contributed by atoms with Gasteiger partial charge in [0.25, 0.3) is 0 Å². The van der Waals surface area contributed by atoms with Crippen LogP contribution in [-0.2, 0) is 20.8 Å². The van der Waals surface area contributed by atoms with Crippen LogP contribution in [0.15, 0.2) is 24.3 Å². The molecule has 1 aliphatic heterocycles. The minimum absolute atomic E-state index is 0.0368. The van der Waals surface area contributed by atoms with Crippen LogP contribution < -0.4 is 21.7 Å². The fraction of sp³-hybridized carbons (Fsp3) is 0.615. The molecule has 192 valence electrons. The topological polar surface area (TPSA) is 140 Å². The summed E-state index contributed by atoms with van der Waals surface area (Å²) in [5, 5.41) is 17.0. The smallest absolute Gasteiger partial charge is 0.243 e. The summed E-state index contributed by atoms with van der Waals surface area (Å²) in [6, 6.07) is 6.44. The molecule has 2 fully saturated rings. The Balaban J connectivity index is 1.77. The van der Waals surface area contributed by atoms with Crippen LogP contribution in [0.2, 0.25) is 0 Å². The second-order valence-corrected chi connectivity index (χ2v) is 10.0. The molecule has 1 aliphatic carbocycles. The van der Waals surface area contributed by atoms with Gasteiger partial charge in [0.2, 0.25) is 17.7 Å². The number of carbonyl (C=O) groups is 3. The molecule has 1 aromatic rings. The molecule has 3 amide bonds. The van der Waals surface area contributed by atoms with Gasteiger partial charge in [0.1, 0.15) is 17.8 Å². The van der Waals surface area contributed by atoms with E-state index >= 15 is 0 Å². The number of nitrogens with zero attached hydrogens (tertiary/aromatic N) is 1. The maximum absolute atomic E-state index is 13.5. The fourth-order valence-electron chi connectivity index (χ4n) is 5.04. The first-order valence-electron chi connectivity index (χ1n) is 12.7. The first kappa shape index (κ1) is 26.7. The standard InChI is InChI=1S/C26H40N6O3/c1-32(2)26(35)21(16-17-8-10-19(11-9-17)23(27)28)24(33)31-22(18-6-4-3-5-7-18)25(34)30-20-12-14-29-15-13-20/h8-11,18,20-22,29H,3-7,12-16H2,1-2H3,(H3,27,28)(H,30,34)(H,31,33)/t21-,22+/m1/s1. The second kappa shape index (κ2) is 12.7. The molecule has 1 saturated carbocycles. The van der Waals surface area contributed by atoms with Crippen molar-refractivity contribution in [3.63, 3.8) is 0 Å². The number of hydrogen-bond donors (Lipinski definition) is 5. The number of nitrogens with one attached hydrogen (secondary N) is 4. The highest BCUT2D eigenvalue weighted by Gasteiger charge is 2.36. The zero-order chi connectivity index (χ0) is 25.4. The van der Waals surface area contributed by atoms with Crippen molar-refractivity contribution in [2.45, 2.75) is 63.5 Å². The molecule has 0 spiro atoms. The lowest BCUT2D eigenvalue weighted by Crippen LogP contribution is -2.56. The van der Waals surface area contributed by atoms with E-state index in [1.165, 1.54) is 4.90 Å². The van der Waals surface area contributed by atoms with Gasteiger partial charge in [-0.15, -0.1) is 0 Å². The van der Waals surface area contributed by atoms with Gasteiger partial charge in [-0.05, 0) is 56.7 Å². The van der Waals surface area contributed by atoms with Crippen LogP contribution in [0.4, 0.5) is 0 Å². The van der Waals surface area contributed by atoms with Crippen LogP contribution in [0, 0.1) is 17.2 Å². The van der Waals surface area contributed by atoms with Crippen molar-refractivity contribution in [2.75, 3.05) is 27.2 Å². The number of benzene rings is 1. The van der Waals surface area contributed by atoms with Crippen molar-refractivity contribution in [1.82, 2.24) is 20.9 Å². The largest absolute Gasteiger partial charge is 0.384 e. The van der Waals surface area contributed by atoms with E-state index in [-0.39, 0.29) is 36.0 Å². The summed E-state index contributed by atoms with van der Waals surface area (Å²) in [6.45, 7) is 1.74. The van der Waals surface area contributed by atoms with Gasteiger partial charge >= 0.3 is 0 Å². The minimum atomic E-state index is -0.953. The third kappa shape index (κ3) is 7.52. The van der Waals surface area contributed by atoms with Gasteiger partial charge in [0.15, 0.2) is 0 Å². The monoisotopic (exact) mass is 484 g/mol. The Bertz CT molecular complexity index is 889. The van der Waals surface area contributed by atoms with Crippen molar-refractivity contribution < 1.29 is 14.4 Å². The number of hydrogen-bond acceptors (Lipinski definition) is 5. The van der Waals surface area contributed by atoms with E-state index in [4.69, 9.17) is 11.1 Å². The first-order chi connectivity index (χ1) is 16.8. The third-order valence-corrected chi connectivity index (χ3v) is 7.15. The fourth-order valence-corrected chi connectivity index (χ4v) is 5.04. The molecular weight excluding hydrogens is 444 g/mol. The molecule has 9 heteroatoms. The maximum atomic E-state index is 13.5. The summed E-state index contributed by atoms with van der Waals surface area (Å²) in [5.74, 6) is -1.79. The molecule has 0 aromatic heterocycles. The molecule has 3 rings (SSSR count). The molecule has 0 bridgehead atoms. The number of nitrogens with two attached hydrogens (primary N) is 1. The first-order valence-corrected chi connectivity index (χ1v) is 12.7. The number of piperidine rings is 1. The third-order valence-electron chi connectivity index (χ3n) is 7.15. The SMILES string of the molecule is CN(C)C(=O)[C@H](Cc1ccc(C(=N)N)cc1)C(=O)N[C@H](C(=O)NC1CCNCC1)C1CCCCC1. The molecule has 35 heavy (non-hydrogen) atoms. The minimum Gasteiger partial charge on any atom is -0.384 e. The normalized spacial score (nSPS) is 18.8. The van der Waals surface area contributed by atoms with Crippen LogP contribution in [0.3, 0.4) is 0 Å². The molecule has 1 aromatic carbocycles. The van der Waals surface area contributed by atoms with E-state index in [0.29, 0.717) is 5.56 Å². The Hall–Kier alpha value is -2.94. The van der Waals surface area contributed by atoms with E-state index in [9.17, 15) is 14.4 Å². The van der Waals surface area contributed by atoms with Gasteiger partial charge in [-0.2, -0.15) is 0 Å². The number of amides is 3. The zero-order valence-corrected chi connectivity index (χ0v) is 20.9. The average molecular weight is 485 g/mol. The van der Waals surface area contributed by atoms with Gasteiger partial charge in [0.05, 0.1) is 0 Å². The lowest BCUT2D eigenvalue weighted by atomic mass is 9.83. The molecule has 0 unspecified atom stereocenters. The number of nitrogen functional groups attached to an aromatic ring is 1. The highest BCUT2D eigenvalue weighted by Crippen LogP contribution is 2.27. The summed E-state index contributed by atoms with van der Waals surface area (Å²) >= 11 is 0. The van der Waals surface area contributed by atoms with Gasteiger partial charge in [0, 0.05) is 25.7 Å². The Morgan fingerprint density at radius 2 is 1.66 bits per heavy atom. The van der Waals surface area contributed by atoms with Crippen molar-refractivity contribution >= 4 is 23.6 Å². The molecule has 9 nitrogen and oxygen atoms in total. The van der Waals surface area contributed by atoms with Crippen LogP contribution in [0.1, 0.15) is 56.1 Å². The molecular formula is C26H40N6O3. The molecule has 1 heterocycles. The summed E-state index contributed by atoms with van der Waals surface area (Å²) in [7, 11) is 3.26. The van der Waals surface area contributed by atoms with E-state index < -0.39 is 17.9 Å². The molecule has 0 radical (unpaired) electrons. The summed E-state index contributed by atoms with van der Waals surface area (Å²) in [4.78, 5) is 41.3. The van der Waals surface area contributed by atoms with Crippen LogP contribution in [0.25, 0.3) is 0 Å². The summed E-state index contributed by atoms with van der Waals surface area (Å²) in [5.41, 5.74) is 6.91. The number of carbonyl (C=O) groups excluding carboxylic acids is 3. The van der Waals surface area contributed by atoms with E-state index in [2.05, 4.69) is 16.0 Å². The predicted octanol–water partition coefficient (Wildman–Crippen LogP) is 1.15. The summed E-state index contributed by atoms with van der Waals surface area (Å²) < 4.78 is 0. The Labute approximate surface area is 208 Å². The van der Waals surface area contributed by atoms with Crippen LogP contribution >= 0.6 is 0 Å². The highest BCUT2D eigenvalue weighted by molar-refractivity contribution is 6.02. The number of rotatable bonds is 9. The van der Waals surface area contributed by atoms with E-state index in [1.807, 2.05) is 0 Å². The second-order valence-electron chi connectivity index (χ2n) is 10.0.